The summed E-state index contributed by atoms with van der Waals surface area (Å²) in [7, 11) is 0. The number of epoxide rings is 1. The van der Waals surface area contributed by atoms with Gasteiger partial charge in [-0.1, -0.05) is 32.1 Å². The standard InChI is InChI=1S/C19H24O5/c1-6-14(5)18(21)24-16-9-13(4)7-8-15(16)19(11-23-19)10-22-17(20)12(2)3/h6-9,12H,10-11H2,1-5H3/t19-/m0/s1. The minimum atomic E-state index is -0.725. The van der Waals surface area contributed by atoms with Crippen LogP contribution in [0, 0.1) is 12.8 Å². The number of hydrogen-bond acceptors (Lipinski definition) is 5. The average molecular weight is 332 g/mol. The number of rotatable bonds is 6. The van der Waals surface area contributed by atoms with Crippen molar-refractivity contribution in [3.8, 4) is 5.75 Å². The summed E-state index contributed by atoms with van der Waals surface area (Å²) in [5.74, 6) is -0.438. The van der Waals surface area contributed by atoms with E-state index in [0.29, 0.717) is 17.9 Å². The molecule has 5 nitrogen and oxygen atoms in total. The fraction of sp³-hybridized carbons (Fsp3) is 0.474. The van der Waals surface area contributed by atoms with Gasteiger partial charge in [0.15, 0.2) is 5.60 Å². The van der Waals surface area contributed by atoms with Gasteiger partial charge in [-0.15, -0.1) is 0 Å². The molecule has 0 bridgehead atoms. The van der Waals surface area contributed by atoms with Gasteiger partial charge in [-0.25, -0.2) is 4.79 Å². The minimum absolute atomic E-state index is 0.111. The summed E-state index contributed by atoms with van der Waals surface area (Å²) in [5.41, 5.74) is 1.49. The summed E-state index contributed by atoms with van der Waals surface area (Å²) in [5, 5.41) is 0. The summed E-state index contributed by atoms with van der Waals surface area (Å²) in [6.45, 7) is 9.50. The van der Waals surface area contributed by atoms with Gasteiger partial charge in [0.1, 0.15) is 12.4 Å². The molecule has 0 N–H and O–H groups in total. The van der Waals surface area contributed by atoms with Crippen LogP contribution in [-0.2, 0) is 24.7 Å². The zero-order chi connectivity index (χ0) is 17.9. The molecular weight excluding hydrogens is 308 g/mol. The van der Waals surface area contributed by atoms with Crippen molar-refractivity contribution in [3.63, 3.8) is 0 Å². The van der Waals surface area contributed by atoms with E-state index in [1.807, 2.05) is 19.1 Å². The van der Waals surface area contributed by atoms with Gasteiger partial charge < -0.3 is 14.2 Å². The molecule has 1 aliphatic rings. The molecule has 0 amide bonds. The van der Waals surface area contributed by atoms with Crippen LogP contribution < -0.4 is 4.74 Å². The maximum atomic E-state index is 12.1. The van der Waals surface area contributed by atoms with E-state index < -0.39 is 11.6 Å². The summed E-state index contributed by atoms with van der Waals surface area (Å²) < 4.78 is 16.4. The van der Waals surface area contributed by atoms with Crippen molar-refractivity contribution < 1.29 is 23.8 Å². The van der Waals surface area contributed by atoms with Gasteiger partial charge in [-0.2, -0.15) is 0 Å². The lowest BCUT2D eigenvalue weighted by molar-refractivity contribution is -0.149. The van der Waals surface area contributed by atoms with Crippen molar-refractivity contribution in [1.82, 2.24) is 0 Å². The highest BCUT2D eigenvalue weighted by Crippen LogP contribution is 2.44. The average Bonchev–Trinajstić information content (AvgIpc) is 3.32. The number of esters is 2. The van der Waals surface area contributed by atoms with Crippen LogP contribution in [0.4, 0.5) is 0 Å². The first-order valence-corrected chi connectivity index (χ1v) is 8.06. The van der Waals surface area contributed by atoms with Crippen LogP contribution >= 0.6 is 0 Å². The number of hydrogen-bond donors (Lipinski definition) is 0. The second-order valence-corrected chi connectivity index (χ2v) is 6.41. The molecule has 0 aromatic heterocycles. The van der Waals surface area contributed by atoms with Crippen LogP contribution in [0.2, 0.25) is 0 Å². The fourth-order valence-corrected chi connectivity index (χ4v) is 2.15. The van der Waals surface area contributed by atoms with Crippen molar-refractivity contribution in [2.45, 2.75) is 40.2 Å². The summed E-state index contributed by atoms with van der Waals surface area (Å²) in [6.07, 6.45) is 1.70. The quantitative estimate of drug-likeness (QED) is 0.346. The maximum absolute atomic E-state index is 12.1. The van der Waals surface area contributed by atoms with E-state index in [0.717, 1.165) is 11.1 Å². The molecule has 1 fully saturated rings. The van der Waals surface area contributed by atoms with Crippen LogP contribution in [0.25, 0.3) is 0 Å². The van der Waals surface area contributed by atoms with Crippen molar-refractivity contribution in [2.24, 2.45) is 5.92 Å². The molecule has 24 heavy (non-hydrogen) atoms. The Morgan fingerprint density at radius 1 is 1.38 bits per heavy atom. The van der Waals surface area contributed by atoms with Crippen molar-refractivity contribution in [3.05, 3.63) is 41.0 Å². The van der Waals surface area contributed by atoms with Crippen LogP contribution in [0.5, 0.6) is 5.75 Å². The zero-order valence-corrected chi connectivity index (χ0v) is 14.8. The first-order chi connectivity index (χ1) is 11.3. The predicted octanol–water partition coefficient (Wildman–Crippen LogP) is 3.29. The molecule has 1 aromatic carbocycles. The summed E-state index contributed by atoms with van der Waals surface area (Å²) >= 11 is 0. The fourth-order valence-electron chi connectivity index (χ4n) is 2.15. The largest absolute Gasteiger partial charge is 0.462 e. The Morgan fingerprint density at radius 3 is 2.58 bits per heavy atom. The van der Waals surface area contributed by atoms with E-state index in [-0.39, 0.29) is 18.5 Å². The Kier molecular flexibility index (Phi) is 5.44. The topological polar surface area (TPSA) is 65.1 Å². The molecule has 1 saturated heterocycles. The van der Waals surface area contributed by atoms with Gasteiger partial charge in [0, 0.05) is 11.1 Å². The van der Waals surface area contributed by atoms with Crippen LogP contribution in [0.1, 0.15) is 38.8 Å². The third-order valence-corrected chi connectivity index (χ3v) is 4.00. The molecular formula is C19H24O5. The van der Waals surface area contributed by atoms with Gasteiger partial charge in [0.2, 0.25) is 0 Å². The molecule has 0 radical (unpaired) electrons. The number of ether oxygens (including phenoxy) is 3. The van der Waals surface area contributed by atoms with Crippen LogP contribution in [0.3, 0.4) is 0 Å². The van der Waals surface area contributed by atoms with Gasteiger partial charge in [0.25, 0.3) is 0 Å². The van der Waals surface area contributed by atoms with E-state index in [1.165, 1.54) is 0 Å². The molecule has 1 atom stereocenters. The third kappa shape index (κ3) is 4.03. The lowest BCUT2D eigenvalue weighted by Crippen LogP contribution is -2.24. The van der Waals surface area contributed by atoms with E-state index in [4.69, 9.17) is 14.2 Å². The molecule has 0 spiro atoms. The number of allylic oxidation sites excluding steroid dienone is 1. The summed E-state index contributed by atoms with van der Waals surface area (Å²) in [6, 6.07) is 5.58. The van der Waals surface area contributed by atoms with Gasteiger partial charge in [0.05, 0.1) is 12.5 Å². The van der Waals surface area contributed by atoms with Gasteiger partial charge in [-0.3, -0.25) is 4.79 Å². The lowest BCUT2D eigenvalue weighted by atomic mass is 9.98. The van der Waals surface area contributed by atoms with E-state index in [9.17, 15) is 9.59 Å². The molecule has 0 unspecified atom stereocenters. The molecule has 1 aromatic rings. The normalized spacial score (nSPS) is 20.0. The van der Waals surface area contributed by atoms with E-state index >= 15 is 0 Å². The molecule has 0 aliphatic carbocycles. The molecule has 1 aliphatic heterocycles. The number of carbonyl (C=O) groups excluding carboxylic acids is 2. The SMILES string of the molecule is CC=C(C)C(=O)Oc1cc(C)ccc1[C@]1(COC(=O)C(C)C)CO1. The highest BCUT2D eigenvalue weighted by Gasteiger charge is 2.50. The zero-order valence-electron chi connectivity index (χ0n) is 14.8. The monoisotopic (exact) mass is 332 g/mol. The Bertz CT molecular complexity index is 668. The molecule has 2 rings (SSSR count). The van der Waals surface area contributed by atoms with E-state index in [2.05, 4.69) is 0 Å². The first kappa shape index (κ1) is 18.2. The Morgan fingerprint density at radius 2 is 2.04 bits per heavy atom. The predicted molar refractivity (Wildman–Crippen MR) is 89.7 cm³/mol. The Labute approximate surface area is 142 Å². The second kappa shape index (κ2) is 7.18. The Hall–Kier alpha value is -2.14. The van der Waals surface area contributed by atoms with Gasteiger partial charge >= 0.3 is 11.9 Å². The molecule has 0 saturated carbocycles. The lowest BCUT2D eigenvalue weighted by Gasteiger charge is -2.18. The second-order valence-electron chi connectivity index (χ2n) is 6.41. The van der Waals surface area contributed by atoms with Crippen molar-refractivity contribution in [2.75, 3.05) is 13.2 Å². The molecule has 130 valence electrons. The Balaban J connectivity index is 2.23. The highest BCUT2D eigenvalue weighted by atomic mass is 16.6. The highest BCUT2D eigenvalue weighted by molar-refractivity contribution is 5.89. The smallest absolute Gasteiger partial charge is 0.338 e. The minimum Gasteiger partial charge on any atom is -0.462 e. The molecule has 1 heterocycles. The van der Waals surface area contributed by atoms with Crippen LogP contribution in [0.15, 0.2) is 29.8 Å². The van der Waals surface area contributed by atoms with Crippen molar-refractivity contribution >= 4 is 11.9 Å². The number of aryl methyl sites for hydroxylation is 1. The summed E-state index contributed by atoms with van der Waals surface area (Å²) in [4.78, 5) is 23.8. The first-order valence-electron chi connectivity index (χ1n) is 8.06. The molecule has 5 heteroatoms. The number of benzene rings is 1. The maximum Gasteiger partial charge on any atom is 0.338 e. The van der Waals surface area contributed by atoms with Crippen LogP contribution in [-0.4, -0.2) is 25.2 Å². The number of carbonyl (C=O) groups is 2. The van der Waals surface area contributed by atoms with Crippen molar-refractivity contribution in [1.29, 1.82) is 0 Å². The third-order valence-electron chi connectivity index (χ3n) is 4.00. The van der Waals surface area contributed by atoms with E-state index in [1.54, 1.807) is 39.8 Å². The van der Waals surface area contributed by atoms with Gasteiger partial charge in [-0.05, 0) is 32.4 Å².